The Morgan fingerprint density at radius 3 is 2.63 bits per heavy atom. The number of ether oxygens (including phenoxy) is 2. The third kappa shape index (κ3) is 4.23. The van der Waals surface area contributed by atoms with Crippen LogP contribution in [0.25, 0.3) is 11.5 Å². The van der Waals surface area contributed by atoms with E-state index in [0.717, 1.165) is 5.56 Å². The van der Waals surface area contributed by atoms with E-state index in [1.807, 2.05) is 24.3 Å². The summed E-state index contributed by atoms with van der Waals surface area (Å²) in [6.45, 7) is 1.77. The highest BCUT2D eigenvalue weighted by atomic mass is 35.5. The summed E-state index contributed by atoms with van der Waals surface area (Å²) in [7, 11) is 3.11. The maximum atomic E-state index is 12.5. The zero-order valence-electron chi connectivity index (χ0n) is 15.2. The van der Waals surface area contributed by atoms with Gasteiger partial charge in [0.2, 0.25) is 11.8 Å². The molecule has 0 fully saturated rings. The topological polar surface area (TPSA) is 73.6 Å². The smallest absolute Gasteiger partial charge is 0.230 e. The summed E-state index contributed by atoms with van der Waals surface area (Å²) in [5.74, 6) is 1.91. The zero-order valence-corrected chi connectivity index (χ0v) is 16.0. The monoisotopic (exact) mass is 386 g/mol. The van der Waals surface area contributed by atoms with Crippen LogP contribution in [0, 0.1) is 6.92 Å². The van der Waals surface area contributed by atoms with E-state index in [1.165, 1.54) is 7.11 Å². The minimum atomic E-state index is -0.251. The number of rotatable bonds is 6. The zero-order chi connectivity index (χ0) is 19.4. The molecular formula is C20H19ClN2O4. The standard InChI is InChI=1S/C20H19ClN2O4/c1-12-15(23-20(27-12)14-6-4-5-7-17(14)25-2)11-19(24)22-16-10-13(21)8-9-18(16)26-3/h4-10H,11H2,1-3H3,(H,22,24). The lowest BCUT2D eigenvalue weighted by atomic mass is 10.2. The lowest BCUT2D eigenvalue weighted by molar-refractivity contribution is -0.115. The SMILES string of the molecule is COc1ccc(Cl)cc1NC(=O)Cc1nc(-c2ccccc2OC)oc1C. The fraction of sp³-hybridized carbons (Fsp3) is 0.200. The molecular weight excluding hydrogens is 368 g/mol. The van der Waals surface area contributed by atoms with Crippen LogP contribution < -0.4 is 14.8 Å². The lowest BCUT2D eigenvalue weighted by Crippen LogP contribution is -2.15. The first-order chi connectivity index (χ1) is 13.0. The number of oxazole rings is 1. The Bertz CT molecular complexity index is 968. The average Bonchev–Trinajstić information content (AvgIpc) is 3.02. The molecule has 1 aromatic heterocycles. The predicted molar refractivity (Wildman–Crippen MR) is 104 cm³/mol. The van der Waals surface area contributed by atoms with E-state index in [1.54, 1.807) is 32.2 Å². The molecule has 0 spiro atoms. The van der Waals surface area contributed by atoms with Crippen molar-refractivity contribution in [1.29, 1.82) is 0 Å². The highest BCUT2D eigenvalue weighted by molar-refractivity contribution is 6.31. The molecule has 0 radical (unpaired) electrons. The third-order valence-electron chi connectivity index (χ3n) is 3.99. The second-order valence-electron chi connectivity index (χ2n) is 5.79. The van der Waals surface area contributed by atoms with Crippen LogP contribution in [-0.2, 0) is 11.2 Å². The summed E-state index contributed by atoms with van der Waals surface area (Å²) >= 11 is 6.00. The molecule has 2 aromatic carbocycles. The fourth-order valence-electron chi connectivity index (χ4n) is 2.65. The molecule has 3 aromatic rings. The number of nitrogens with one attached hydrogen (secondary N) is 1. The average molecular weight is 387 g/mol. The van der Waals surface area contributed by atoms with Gasteiger partial charge in [0.15, 0.2) is 0 Å². The van der Waals surface area contributed by atoms with Gasteiger partial charge in [-0.2, -0.15) is 0 Å². The van der Waals surface area contributed by atoms with Gasteiger partial charge in [-0.05, 0) is 37.3 Å². The first-order valence-corrected chi connectivity index (χ1v) is 8.62. The third-order valence-corrected chi connectivity index (χ3v) is 4.23. The molecule has 27 heavy (non-hydrogen) atoms. The Labute approximate surface area is 162 Å². The Morgan fingerprint density at radius 2 is 1.89 bits per heavy atom. The van der Waals surface area contributed by atoms with Crippen LogP contribution in [0.2, 0.25) is 5.02 Å². The summed E-state index contributed by atoms with van der Waals surface area (Å²) in [5, 5.41) is 3.30. The maximum Gasteiger partial charge on any atom is 0.230 e. The van der Waals surface area contributed by atoms with Crippen molar-refractivity contribution in [3.05, 3.63) is 58.9 Å². The number of para-hydroxylation sites is 1. The lowest BCUT2D eigenvalue weighted by Gasteiger charge is -2.10. The Morgan fingerprint density at radius 1 is 1.15 bits per heavy atom. The number of aryl methyl sites for hydroxylation is 1. The van der Waals surface area contributed by atoms with E-state index in [0.29, 0.717) is 39.6 Å². The highest BCUT2D eigenvalue weighted by Gasteiger charge is 2.18. The van der Waals surface area contributed by atoms with Gasteiger partial charge in [-0.3, -0.25) is 4.79 Å². The number of amides is 1. The molecule has 0 aliphatic carbocycles. The van der Waals surface area contributed by atoms with Crippen molar-refractivity contribution in [2.45, 2.75) is 13.3 Å². The molecule has 0 saturated carbocycles. The quantitative estimate of drug-likeness (QED) is 0.675. The number of carbonyl (C=O) groups is 1. The molecule has 1 amide bonds. The number of halogens is 1. The van der Waals surface area contributed by atoms with Gasteiger partial charge in [-0.25, -0.2) is 4.98 Å². The molecule has 0 atom stereocenters. The van der Waals surface area contributed by atoms with E-state index in [4.69, 9.17) is 25.5 Å². The Kier molecular flexibility index (Phi) is 5.66. The van der Waals surface area contributed by atoms with Gasteiger partial charge in [0.25, 0.3) is 0 Å². The number of methoxy groups -OCH3 is 2. The molecule has 1 heterocycles. The van der Waals surface area contributed by atoms with Crippen molar-refractivity contribution in [2.24, 2.45) is 0 Å². The Balaban J connectivity index is 1.80. The van der Waals surface area contributed by atoms with Crippen molar-refractivity contribution in [2.75, 3.05) is 19.5 Å². The van der Waals surface area contributed by atoms with Crippen LogP contribution in [0.4, 0.5) is 5.69 Å². The number of hydrogen-bond donors (Lipinski definition) is 1. The van der Waals surface area contributed by atoms with E-state index >= 15 is 0 Å². The first kappa shape index (κ1) is 18.8. The van der Waals surface area contributed by atoms with Crippen molar-refractivity contribution in [3.8, 4) is 23.0 Å². The van der Waals surface area contributed by atoms with Crippen LogP contribution >= 0.6 is 11.6 Å². The van der Waals surface area contributed by atoms with Gasteiger partial charge in [-0.15, -0.1) is 0 Å². The number of aromatic nitrogens is 1. The summed E-state index contributed by atoms with van der Waals surface area (Å²) in [4.78, 5) is 16.9. The van der Waals surface area contributed by atoms with E-state index < -0.39 is 0 Å². The number of nitrogens with zero attached hydrogens (tertiary/aromatic N) is 1. The second kappa shape index (κ2) is 8.14. The molecule has 1 N–H and O–H groups in total. The van der Waals surface area contributed by atoms with Gasteiger partial charge in [0.1, 0.15) is 17.3 Å². The number of carbonyl (C=O) groups excluding carboxylic acids is 1. The number of hydrogen-bond acceptors (Lipinski definition) is 5. The van der Waals surface area contributed by atoms with E-state index in [9.17, 15) is 4.79 Å². The molecule has 0 saturated heterocycles. The van der Waals surface area contributed by atoms with Crippen LogP contribution in [0.3, 0.4) is 0 Å². The predicted octanol–water partition coefficient (Wildman–Crippen LogP) is 4.50. The minimum absolute atomic E-state index is 0.0557. The number of benzene rings is 2. The normalized spacial score (nSPS) is 10.5. The Hall–Kier alpha value is -2.99. The van der Waals surface area contributed by atoms with Crippen molar-refractivity contribution < 1.29 is 18.7 Å². The molecule has 0 aliphatic heterocycles. The van der Waals surface area contributed by atoms with Crippen LogP contribution in [0.15, 0.2) is 46.9 Å². The summed E-state index contributed by atoms with van der Waals surface area (Å²) in [5.41, 5.74) is 1.78. The fourth-order valence-corrected chi connectivity index (χ4v) is 2.83. The summed E-state index contributed by atoms with van der Waals surface area (Å²) in [6, 6.07) is 12.4. The molecule has 0 bridgehead atoms. The van der Waals surface area contributed by atoms with Crippen LogP contribution in [0.5, 0.6) is 11.5 Å². The van der Waals surface area contributed by atoms with Crippen molar-refractivity contribution >= 4 is 23.2 Å². The van der Waals surface area contributed by atoms with Gasteiger partial charge >= 0.3 is 0 Å². The van der Waals surface area contributed by atoms with Gasteiger partial charge in [0.05, 0.1) is 37.6 Å². The first-order valence-electron chi connectivity index (χ1n) is 8.25. The van der Waals surface area contributed by atoms with Crippen molar-refractivity contribution in [1.82, 2.24) is 4.98 Å². The van der Waals surface area contributed by atoms with Crippen molar-refractivity contribution in [3.63, 3.8) is 0 Å². The molecule has 140 valence electrons. The minimum Gasteiger partial charge on any atom is -0.496 e. The molecule has 3 rings (SSSR count). The highest BCUT2D eigenvalue weighted by Crippen LogP contribution is 2.31. The van der Waals surface area contributed by atoms with Crippen LogP contribution in [0.1, 0.15) is 11.5 Å². The van der Waals surface area contributed by atoms with Gasteiger partial charge < -0.3 is 19.2 Å². The summed E-state index contributed by atoms with van der Waals surface area (Å²) in [6.07, 6.45) is 0.0557. The second-order valence-corrected chi connectivity index (χ2v) is 6.23. The van der Waals surface area contributed by atoms with Gasteiger partial charge in [0, 0.05) is 5.02 Å². The molecule has 6 nitrogen and oxygen atoms in total. The summed E-state index contributed by atoms with van der Waals surface area (Å²) < 4.78 is 16.3. The molecule has 0 aliphatic rings. The van der Waals surface area contributed by atoms with Gasteiger partial charge in [-0.1, -0.05) is 23.7 Å². The molecule has 7 heteroatoms. The largest absolute Gasteiger partial charge is 0.496 e. The number of anilines is 1. The van der Waals surface area contributed by atoms with E-state index in [-0.39, 0.29) is 12.3 Å². The molecule has 0 unspecified atom stereocenters. The van der Waals surface area contributed by atoms with Crippen LogP contribution in [-0.4, -0.2) is 25.1 Å². The van der Waals surface area contributed by atoms with E-state index in [2.05, 4.69) is 10.3 Å². The maximum absolute atomic E-state index is 12.5.